The third kappa shape index (κ3) is 3.44. The Labute approximate surface area is 107 Å². The van der Waals surface area contributed by atoms with Gasteiger partial charge < -0.3 is 9.47 Å². The van der Waals surface area contributed by atoms with Gasteiger partial charge in [0.25, 0.3) is 0 Å². The van der Waals surface area contributed by atoms with E-state index >= 15 is 0 Å². The van der Waals surface area contributed by atoms with Gasteiger partial charge in [-0.2, -0.15) is 0 Å². The van der Waals surface area contributed by atoms with Gasteiger partial charge in [-0.05, 0) is 18.4 Å². The second-order valence-corrected chi connectivity index (χ2v) is 4.22. The molecule has 1 aliphatic rings. The topological polar surface area (TPSA) is 38.8 Å². The molecule has 0 radical (unpaired) electrons. The minimum absolute atomic E-state index is 0.120. The molecule has 1 heterocycles. The van der Waals surface area contributed by atoms with Crippen molar-refractivity contribution in [3.63, 3.8) is 0 Å². The average Bonchev–Trinajstić information content (AvgIpc) is 3.20. The lowest BCUT2D eigenvalue weighted by Gasteiger charge is -2.00. The van der Waals surface area contributed by atoms with E-state index in [1.807, 2.05) is 36.4 Å². The summed E-state index contributed by atoms with van der Waals surface area (Å²) in [6.45, 7) is 2.50. The first-order chi connectivity index (χ1) is 8.83. The Morgan fingerprint density at radius 3 is 2.83 bits per heavy atom. The number of ether oxygens (including phenoxy) is 2. The molecule has 3 heteroatoms. The first kappa shape index (κ1) is 12.8. The van der Waals surface area contributed by atoms with E-state index in [-0.39, 0.29) is 12.1 Å². The van der Waals surface area contributed by atoms with E-state index in [2.05, 4.69) is 13.0 Å². The molecule has 0 unspecified atom stereocenters. The van der Waals surface area contributed by atoms with Crippen molar-refractivity contribution in [2.45, 2.75) is 32.0 Å². The summed E-state index contributed by atoms with van der Waals surface area (Å²) in [6.07, 6.45) is 5.33. The smallest absolute Gasteiger partial charge is 0.338 e. The fourth-order valence-electron chi connectivity index (χ4n) is 1.78. The van der Waals surface area contributed by atoms with Crippen LogP contribution in [0, 0.1) is 0 Å². The van der Waals surface area contributed by atoms with Crippen molar-refractivity contribution < 1.29 is 14.3 Å². The number of allylic oxidation sites excluding steroid dienone is 1. The fourth-order valence-corrected chi connectivity index (χ4v) is 1.78. The van der Waals surface area contributed by atoms with Gasteiger partial charge in [-0.1, -0.05) is 49.4 Å². The highest BCUT2D eigenvalue weighted by Crippen LogP contribution is 2.39. The van der Waals surface area contributed by atoms with E-state index in [4.69, 9.17) is 9.47 Å². The van der Waals surface area contributed by atoms with Crippen molar-refractivity contribution in [3.8, 4) is 0 Å². The third-order valence-electron chi connectivity index (χ3n) is 2.78. The molecule has 1 fully saturated rings. The summed E-state index contributed by atoms with van der Waals surface area (Å²) in [7, 11) is 0. The van der Waals surface area contributed by atoms with Crippen LogP contribution in [0.2, 0.25) is 0 Å². The molecule has 0 amide bonds. The predicted molar refractivity (Wildman–Crippen MR) is 69.1 cm³/mol. The molecular formula is C15H18O3. The molecule has 1 aliphatic heterocycles. The molecule has 0 aromatic heterocycles. The maximum Gasteiger partial charge on any atom is 0.338 e. The molecule has 0 N–H and O–H groups in total. The summed E-state index contributed by atoms with van der Waals surface area (Å²) in [5.41, 5.74) is 1.03. The molecule has 1 saturated heterocycles. The molecule has 3 nitrogen and oxygen atoms in total. The highest BCUT2D eigenvalue weighted by atomic mass is 16.6. The maximum atomic E-state index is 11.7. The number of carbonyl (C=O) groups excluding carboxylic acids is 1. The van der Waals surface area contributed by atoms with Crippen molar-refractivity contribution in [1.29, 1.82) is 0 Å². The maximum absolute atomic E-state index is 11.7. The lowest BCUT2D eigenvalue weighted by Crippen LogP contribution is -2.12. The number of benzene rings is 1. The average molecular weight is 246 g/mol. The van der Waals surface area contributed by atoms with Crippen LogP contribution >= 0.6 is 0 Å². The van der Waals surface area contributed by atoms with Gasteiger partial charge in [0.1, 0.15) is 6.10 Å². The fraction of sp³-hybridized carbons (Fsp3) is 0.400. The molecule has 2 atom stereocenters. The van der Waals surface area contributed by atoms with E-state index in [9.17, 15) is 4.79 Å². The van der Waals surface area contributed by atoms with E-state index in [1.165, 1.54) is 0 Å². The van der Waals surface area contributed by atoms with Crippen molar-refractivity contribution >= 4 is 5.97 Å². The summed E-state index contributed by atoms with van der Waals surface area (Å²) < 4.78 is 10.5. The minimum atomic E-state index is -0.414. The van der Waals surface area contributed by atoms with Crippen LogP contribution in [0.1, 0.15) is 31.4 Å². The summed E-state index contributed by atoms with van der Waals surface area (Å²) in [5.74, 6) is -0.256. The number of hydrogen-bond donors (Lipinski definition) is 0. The Morgan fingerprint density at radius 1 is 1.33 bits per heavy atom. The van der Waals surface area contributed by atoms with Crippen LogP contribution in [0.25, 0.3) is 0 Å². The van der Waals surface area contributed by atoms with Crippen LogP contribution in [0.4, 0.5) is 0 Å². The quantitative estimate of drug-likeness (QED) is 0.335. The van der Waals surface area contributed by atoms with E-state index in [0.717, 1.165) is 18.4 Å². The molecule has 0 bridgehead atoms. The summed E-state index contributed by atoms with van der Waals surface area (Å²) >= 11 is 0. The lowest BCUT2D eigenvalue weighted by atomic mass is 10.1. The van der Waals surface area contributed by atoms with Gasteiger partial charge in [0.15, 0.2) is 6.10 Å². The van der Waals surface area contributed by atoms with Gasteiger partial charge in [-0.15, -0.1) is 0 Å². The van der Waals surface area contributed by atoms with Gasteiger partial charge in [-0.3, -0.25) is 0 Å². The molecule has 0 spiro atoms. The van der Waals surface area contributed by atoms with Crippen LogP contribution in [-0.2, 0) is 14.3 Å². The third-order valence-corrected chi connectivity index (χ3v) is 2.78. The zero-order valence-electron chi connectivity index (χ0n) is 10.5. The van der Waals surface area contributed by atoms with Gasteiger partial charge in [-0.25, -0.2) is 4.79 Å². The van der Waals surface area contributed by atoms with Crippen LogP contribution < -0.4 is 0 Å². The van der Waals surface area contributed by atoms with Crippen LogP contribution in [0.15, 0.2) is 42.5 Å². The normalized spacial score (nSPS) is 22.1. The standard InChI is InChI=1S/C15H18O3/c1-2-3-4-8-11-17-15(16)14-13(18-14)12-9-6-5-7-10-12/h3-7,9-10,13-14H,2,8,11H2,1H3/b4-3+/t13-,14+/m0/s1. The van der Waals surface area contributed by atoms with Crippen molar-refractivity contribution in [3.05, 3.63) is 48.0 Å². The Hall–Kier alpha value is -1.61. The Bertz CT molecular complexity index is 411. The summed E-state index contributed by atoms with van der Waals surface area (Å²) in [5, 5.41) is 0. The summed E-state index contributed by atoms with van der Waals surface area (Å²) in [4.78, 5) is 11.7. The van der Waals surface area contributed by atoms with Crippen LogP contribution in [0.5, 0.6) is 0 Å². The van der Waals surface area contributed by atoms with Crippen LogP contribution in [-0.4, -0.2) is 18.7 Å². The lowest BCUT2D eigenvalue weighted by molar-refractivity contribution is -0.144. The van der Waals surface area contributed by atoms with E-state index in [1.54, 1.807) is 0 Å². The number of rotatable bonds is 6. The first-order valence-corrected chi connectivity index (χ1v) is 6.35. The van der Waals surface area contributed by atoms with Crippen LogP contribution in [0.3, 0.4) is 0 Å². The molecular weight excluding hydrogens is 228 g/mol. The first-order valence-electron chi connectivity index (χ1n) is 6.35. The predicted octanol–water partition coefficient (Wildman–Crippen LogP) is 3.03. The number of carbonyl (C=O) groups is 1. The second kappa shape index (κ2) is 6.36. The molecule has 1 aromatic carbocycles. The zero-order valence-corrected chi connectivity index (χ0v) is 10.5. The number of esters is 1. The Morgan fingerprint density at radius 2 is 2.11 bits per heavy atom. The van der Waals surface area contributed by atoms with Crippen molar-refractivity contribution in [2.75, 3.05) is 6.61 Å². The number of hydrogen-bond acceptors (Lipinski definition) is 3. The molecule has 18 heavy (non-hydrogen) atoms. The molecule has 0 aliphatic carbocycles. The molecule has 1 aromatic rings. The molecule has 2 rings (SSSR count). The highest BCUT2D eigenvalue weighted by molar-refractivity contribution is 5.78. The zero-order chi connectivity index (χ0) is 12.8. The highest BCUT2D eigenvalue weighted by Gasteiger charge is 2.47. The summed E-state index contributed by atoms with van der Waals surface area (Å²) in [6, 6.07) is 9.74. The van der Waals surface area contributed by atoms with Crippen molar-refractivity contribution in [2.24, 2.45) is 0 Å². The Balaban J connectivity index is 1.71. The van der Waals surface area contributed by atoms with Gasteiger partial charge in [0, 0.05) is 0 Å². The van der Waals surface area contributed by atoms with Gasteiger partial charge in [0.2, 0.25) is 0 Å². The van der Waals surface area contributed by atoms with E-state index in [0.29, 0.717) is 6.61 Å². The Kier molecular flexibility index (Phi) is 4.53. The largest absolute Gasteiger partial charge is 0.463 e. The number of epoxide rings is 1. The van der Waals surface area contributed by atoms with Gasteiger partial charge >= 0.3 is 5.97 Å². The second-order valence-electron chi connectivity index (χ2n) is 4.22. The monoisotopic (exact) mass is 246 g/mol. The van der Waals surface area contributed by atoms with Crippen molar-refractivity contribution in [1.82, 2.24) is 0 Å². The van der Waals surface area contributed by atoms with E-state index < -0.39 is 6.10 Å². The van der Waals surface area contributed by atoms with Gasteiger partial charge in [0.05, 0.1) is 6.61 Å². The SMILES string of the molecule is CC/C=C/CCOC(=O)[C@@H]1O[C@H]1c1ccccc1. The molecule has 0 saturated carbocycles. The minimum Gasteiger partial charge on any atom is -0.463 e. The molecule has 96 valence electrons.